The van der Waals surface area contributed by atoms with Crippen LogP contribution in [0.1, 0.15) is 39.5 Å². The third kappa shape index (κ3) is 5.61. The van der Waals surface area contributed by atoms with Crippen molar-refractivity contribution in [3.63, 3.8) is 0 Å². The number of amides is 1. The monoisotopic (exact) mass is 389 g/mol. The van der Waals surface area contributed by atoms with E-state index in [1.165, 1.54) is 25.9 Å². The molecule has 0 saturated carbocycles. The molecule has 1 amide bonds. The number of likely N-dealkylation sites (tertiary alicyclic amines) is 1. The van der Waals surface area contributed by atoms with E-state index in [4.69, 9.17) is 9.47 Å². The molecular weight excluding hydrogens is 354 g/mol. The predicted molar refractivity (Wildman–Crippen MR) is 112 cm³/mol. The number of anilines is 1. The Bertz CT molecular complexity index is 644. The Hall–Kier alpha value is -1.79. The fraction of sp³-hybridized carbons (Fsp3) is 0.682. The van der Waals surface area contributed by atoms with Crippen LogP contribution in [-0.2, 0) is 4.79 Å². The standard InChI is InChI=1S/C22H35N3O3/c1-4-5-10-24(3)16-18-8-11-25(12-9-18)17(2)22(26)23-19-6-7-20-21(15-19)28-14-13-27-20/h6-7,15,17-18H,4-5,8-14,16H2,1-3H3,(H,23,26). The summed E-state index contributed by atoms with van der Waals surface area (Å²) in [5, 5.41) is 3.03. The second kappa shape index (κ2) is 10.1. The number of nitrogens with one attached hydrogen (secondary N) is 1. The fourth-order valence-corrected chi connectivity index (χ4v) is 4.02. The molecule has 28 heavy (non-hydrogen) atoms. The van der Waals surface area contributed by atoms with E-state index in [1.807, 2.05) is 25.1 Å². The number of benzene rings is 1. The molecule has 3 rings (SSSR count). The van der Waals surface area contributed by atoms with Gasteiger partial charge in [-0.05, 0) is 70.9 Å². The maximum absolute atomic E-state index is 12.7. The second-order valence-corrected chi connectivity index (χ2v) is 8.12. The first-order chi connectivity index (χ1) is 13.6. The molecule has 0 bridgehead atoms. The molecule has 2 heterocycles. The average Bonchev–Trinajstić information content (AvgIpc) is 2.72. The summed E-state index contributed by atoms with van der Waals surface area (Å²) in [6.45, 7) is 9.69. The molecule has 1 aromatic rings. The Morgan fingerprint density at radius 2 is 1.96 bits per heavy atom. The van der Waals surface area contributed by atoms with Crippen LogP contribution in [0.25, 0.3) is 0 Å². The summed E-state index contributed by atoms with van der Waals surface area (Å²) in [7, 11) is 2.23. The minimum absolute atomic E-state index is 0.0372. The molecule has 6 heteroatoms. The van der Waals surface area contributed by atoms with E-state index >= 15 is 0 Å². The van der Waals surface area contributed by atoms with Crippen molar-refractivity contribution in [1.82, 2.24) is 9.80 Å². The zero-order valence-corrected chi connectivity index (χ0v) is 17.6. The highest BCUT2D eigenvalue weighted by Gasteiger charge is 2.27. The SMILES string of the molecule is CCCCN(C)CC1CCN(C(C)C(=O)Nc2ccc3c(c2)OCCO3)CC1. The molecular formula is C22H35N3O3. The maximum Gasteiger partial charge on any atom is 0.241 e. The van der Waals surface area contributed by atoms with E-state index in [2.05, 4.69) is 29.1 Å². The highest BCUT2D eigenvalue weighted by atomic mass is 16.6. The molecule has 2 aliphatic rings. The van der Waals surface area contributed by atoms with Crippen LogP contribution in [0.15, 0.2) is 18.2 Å². The van der Waals surface area contributed by atoms with Crippen molar-refractivity contribution in [3.8, 4) is 11.5 Å². The zero-order valence-electron chi connectivity index (χ0n) is 17.6. The van der Waals surface area contributed by atoms with Crippen LogP contribution in [0.4, 0.5) is 5.69 Å². The van der Waals surface area contributed by atoms with Gasteiger partial charge in [0.25, 0.3) is 0 Å². The largest absolute Gasteiger partial charge is 0.486 e. The van der Waals surface area contributed by atoms with Gasteiger partial charge in [-0.2, -0.15) is 0 Å². The van der Waals surface area contributed by atoms with E-state index in [0.29, 0.717) is 19.0 Å². The van der Waals surface area contributed by atoms with Gasteiger partial charge < -0.3 is 19.7 Å². The van der Waals surface area contributed by atoms with Crippen LogP contribution in [0.5, 0.6) is 11.5 Å². The van der Waals surface area contributed by atoms with Crippen molar-refractivity contribution in [2.75, 3.05) is 51.8 Å². The summed E-state index contributed by atoms with van der Waals surface area (Å²) in [6, 6.07) is 5.44. The lowest BCUT2D eigenvalue weighted by atomic mass is 9.95. The van der Waals surface area contributed by atoms with E-state index < -0.39 is 0 Å². The molecule has 2 aliphatic heterocycles. The van der Waals surface area contributed by atoms with Crippen LogP contribution in [0, 0.1) is 5.92 Å². The number of rotatable bonds is 8. The van der Waals surface area contributed by atoms with Crippen molar-refractivity contribution >= 4 is 11.6 Å². The number of nitrogens with zero attached hydrogens (tertiary/aromatic N) is 2. The minimum atomic E-state index is -0.132. The fourth-order valence-electron chi connectivity index (χ4n) is 4.02. The van der Waals surface area contributed by atoms with E-state index in [0.717, 1.165) is 43.3 Å². The molecule has 6 nitrogen and oxygen atoms in total. The molecule has 1 saturated heterocycles. The number of carbonyl (C=O) groups is 1. The Morgan fingerprint density at radius 1 is 1.25 bits per heavy atom. The Morgan fingerprint density at radius 3 is 2.68 bits per heavy atom. The first kappa shape index (κ1) is 20.9. The van der Waals surface area contributed by atoms with Crippen molar-refractivity contribution < 1.29 is 14.3 Å². The van der Waals surface area contributed by atoms with Gasteiger partial charge in [0.2, 0.25) is 5.91 Å². The molecule has 0 spiro atoms. The molecule has 0 aromatic heterocycles. The van der Waals surface area contributed by atoms with Crippen molar-refractivity contribution in [2.24, 2.45) is 5.92 Å². The van der Waals surface area contributed by atoms with E-state index in [-0.39, 0.29) is 11.9 Å². The molecule has 1 aromatic carbocycles. The minimum Gasteiger partial charge on any atom is -0.486 e. The first-order valence-corrected chi connectivity index (χ1v) is 10.7. The molecule has 1 N–H and O–H groups in total. The lowest BCUT2D eigenvalue weighted by molar-refractivity contribution is -0.121. The lowest BCUT2D eigenvalue weighted by Gasteiger charge is -2.36. The third-order valence-electron chi connectivity index (χ3n) is 5.85. The molecule has 1 atom stereocenters. The highest BCUT2D eigenvalue weighted by molar-refractivity contribution is 5.94. The molecule has 0 aliphatic carbocycles. The Labute approximate surface area is 169 Å². The predicted octanol–water partition coefficient (Wildman–Crippen LogP) is 3.23. The lowest BCUT2D eigenvalue weighted by Crippen LogP contribution is -2.47. The Kier molecular flexibility index (Phi) is 7.57. The first-order valence-electron chi connectivity index (χ1n) is 10.7. The van der Waals surface area contributed by atoms with E-state index in [1.54, 1.807) is 0 Å². The van der Waals surface area contributed by atoms with Crippen LogP contribution in [-0.4, -0.2) is 68.2 Å². The number of fused-ring (bicyclic) bond motifs is 1. The van der Waals surface area contributed by atoms with Gasteiger partial charge in [-0.15, -0.1) is 0 Å². The summed E-state index contributed by atoms with van der Waals surface area (Å²) in [5.41, 5.74) is 0.758. The third-order valence-corrected chi connectivity index (χ3v) is 5.85. The molecule has 1 fully saturated rings. The number of unbranched alkanes of at least 4 members (excludes halogenated alkanes) is 1. The second-order valence-electron chi connectivity index (χ2n) is 8.12. The van der Waals surface area contributed by atoms with Gasteiger partial charge >= 0.3 is 0 Å². The topological polar surface area (TPSA) is 54.0 Å². The number of ether oxygens (including phenoxy) is 2. The Balaban J connectivity index is 1.45. The van der Waals surface area contributed by atoms with Gasteiger partial charge in [0.05, 0.1) is 6.04 Å². The van der Waals surface area contributed by atoms with Gasteiger partial charge in [0.1, 0.15) is 13.2 Å². The van der Waals surface area contributed by atoms with Crippen molar-refractivity contribution in [1.29, 1.82) is 0 Å². The smallest absolute Gasteiger partial charge is 0.241 e. The quantitative estimate of drug-likeness (QED) is 0.740. The number of piperidine rings is 1. The van der Waals surface area contributed by atoms with E-state index in [9.17, 15) is 4.79 Å². The zero-order chi connectivity index (χ0) is 19.9. The number of carbonyl (C=O) groups excluding carboxylic acids is 1. The van der Waals surface area contributed by atoms with Crippen LogP contribution < -0.4 is 14.8 Å². The molecule has 1 unspecified atom stereocenters. The van der Waals surface area contributed by atoms with Crippen molar-refractivity contribution in [3.05, 3.63) is 18.2 Å². The summed E-state index contributed by atoms with van der Waals surface area (Å²) in [4.78, 5) is 17.5. The number of hydrogen-bond donors (Lipinski definition) is 1. The summed E-state index contributed by atoms with van der Waals surface area (Å²) in [6.07, 6.45) is 4.85. The summed E-state index contributed by atoms with van der Waals surface area (Å²) < 4.78 is 11.1. The normalized spacial score (nSPS) is 18.9. The molecule has 0 radical (unpaired) electrons. The van der Waals surface area contributed by atoms with Gasteiger partial charge in [0.15, 0.2) is 11.5 Å². The molecule has 156 valence electrons. The average molecular weight is 390 g/mol. The van der Waals surface area contributed by atoms with Crippen LogP contribution in [0.2, 0.25) is 0 Å². The van der Waals surface area contributed by atoms with Gasteiger partial charge in [-0.25, -0.2) is 0 Å². The van der Waals surface area contributed by atoms with Gasteiger partial charge in [-0.3, -0.25) is 9.69 Å². The highest BCUT2D eigenvalue weighted by Crippen LogP contribution is 2.32. The number of hydrogen-bond acceptors (Lipinski definition) is 5. The van der Waals surface area contributed by atoms with Crippen molar-refractivity contribution in [2.45, 2.75) is 45.6 Å². The summed E-state index contributed by atoms with van der Waals surface area (Å²) in [5.74, 6) is 2.22. The maximum atomic E-state index is 12.7. The van der Waals surface area contributed by atoms with Gasteiger partial charge in [0, 0.05) is 18.3 Å². The van der Waals surface area contributed by atoms with Crippen LogP contribution >= 0.6 is 0 Å². The summed E-state index contributed by atoms with van der Waals surface area (Å²) >= 11 is 0. The van der Waals surface area contributed by atoms with Crippen LogP contribution in [0.3, 0.4) is 0 Å². The van der Waals surface area contributed by atoms with Gasteiger partial charge in [-0.1, -0.05) is 13.3 Å².